The Balaban J connectivity index is 2.14. The third kappa shape index (κ3) is 3.21. The quantitative estimate of drug-likeness (QED) is 0.623. The van der Waals surface area contributed by atoms with Crippen molar-refractivity contribution < 1.29 is 19.7 Å². The lowest BCUT2D eigenvalue weighted by molar-refractivity contribution is 0.452. The first kappa shape index (κ1) is 16.6. The third-order valence-electron chi connectivity index (χ3n) is 4.05. The minimum absolute atomic E-state index is 0.00635. The van der Waals surface area contributed by atoms with Crippen molar-refractivity contribution in [2.24, 2.45) is 0 Å². The van der Waals surface area contributed by atoms with Crippen LogP contribution in [0.15, 0.2) is 58.0 Å². The number of hydrogen-bond acceptors (Lipinski definition) is 5. The molecule has 0 fully saturated rings. The van der Waals surface area contributed by atoms with Crippen LogP contribution in [0.3, 0.4) is 0 Å². The number of rotatable bonds is 4. The molecule has 0 aliphatic rings. The fourth-order valence-corrected chi connectivity index (χ4v) is 2.72. The summed E-state index contributed by atoms with van der Waals surface area (Å²) < 4.78 is 5.41. The maximum absolute atomic E-state index is 12.7. The Kier molecular flexibility index (Phi) is 4.23. The van der Waals surface area contributed by atoms with Crippen molar-refractivity contribution in [3.8, 4) is 28.4 Å². The van der Waals surface area contributed by atoms with Gasteiger partial charge in [-0.05, 0) is 43.0 Å². The molecule has 0 amide bonds. The van der Waals surface area contributed by atoms with Crippen LogP contribution < -0.4 is 5.43 Å². The molecule has 128 valence electrons. The summed E-state index contributed by atoms with van der Waals surface area (Å²) in [6.07, 6.45) is 2.62. The van der Waals surface area contributed by atoms with Gasteiger partial charge in [0.05, 0.1) is 5.56 Å². The van der Waals surface area contributed by atoms with Gasteiger partial charge in [0.25, 0.3) is 0 Å². The van der Waals surface area contributed by atoms with Gasteiger partial charge in [0.2, 0.25) is 5.43 Å². The van der Waals surface area contributed by atoms with Crippen LogP contribution in [0.1, 0.15) is 18.9 Å². The van der Waals surface area contributed by atoms with Crippen molar-refractivity contribution in [1.29, 1.82) is 0 Å². The Morgan fingerprint density at radius 2 is 1.88 bits per heavy atom. The Labute approximate surface area is 144 Å². The van der Waals surface area contributed by atoms with Crippen LogP contribution >= 0.6 is 0 Å². The largest absolute Gasteiger partial charge is 0.508 e. The molecule has 0 atom stereocenters. The highest BCUT2D eigenvalue weighted by molar-refractivity contribution is 5.88. The summed E-state index contributed by atoms with van der Waals surface area (Å²) in [7, 11) is 0. The monoisotopic (exact) mass is 338 g/mol. The lowest BCUT2D eigenvalue weighted by Gasteiger charge is -2.09. The molecule has 5 heteroatoms. The average molecular weight is 338 g/mol. The van der Waals surface area contributed by atoms with E-state index in [1.54, 1.807) is 12.1 Å². The summed E-state index contributed by atoms with van der Waals surface area (Å²) in [5, 5.41) is 29.5. The standard InChI is InChI=1S/C20H18O5/c1-11(2)3-4-13-7-12(5-6-16(13)22)15-10-25-18-9-14(21)8-17(23)19(18)20(15)24/h5-10,21-23H,1,3-4H2,2H3. The van der Waals surface area contributed by atoms with Crippen LogP contribution in [0.5, 0.6) is 17.2 Å². The van der Waals surface area contributed by atoms with Crippen molar-refractivity contribution in [3.63, 3.8) is 0 Å². The summed E-state index contributed by atoms with van der Waals surface area (Å²) in [5.41, 5.74) is 2.25. The second-order valence-electron chi connectivity index (χ2n) is 6.12. The van der Waals surface area contributed by atoms with Crippen molar-refractivity contribution in [1.82, 2.24) is 0 Å². The van der Waals surface area contributed by atoms with Gasteiger partial charge in [-0.2, -0.15) is 0 Å². The predicted octanol–water partition coefficient (Wildman–Crippen LogP) is 4.09. The smallest absolute Gasteiger partial charge is 0.204 e. The van der Waals surface area contributed by atoms with E-state index in [1.165, 1.54) is 18.4 Å². The number of phenolic OH excluding ortho intramolecular Hbond substituents is 3. The molecular weight excluding hydrogens is 320 g/mol. The maximum Gasteiger partial charge on any atom is 0.204 e. The van der Waals surface area contributed by atoms with Crippen LogP contribution in [0.2, 0.25) is 0 Å². The van der Waals surface area contributed by atoms with Crippen molar-refractivity contribution in [2.75, 3.05) is 0 Å². The Bertz CT molecular complexity index is 1030. The highest BCUT2D eigenvalue weighted by Gasteiger charge is 2.15. The second kappa shape index (κ2) is 6.36. The summed E-state index contributed by atoms with van der Waals surface area (Å²) in [6, 6.07) is 7.25. The number of phenols is 3. The lowest BCUT2D eigenvalue weighted by Crippen LogP contribution is -2.05. The van der Waals surface area contributed by atoms with Gasteiger partial charge in [-0.25, -0.2) is 0 Å². The molecule has 5 nitrogen and oxygen atoms in total. The summed E-state index contributed by atoms with van der Waals surface area (Å²) in [4.78, 5) is 12.7. The van der Waals surface area contributed by atoms with Gasteiger partial charge < -0.3 is 19.7 Å². The first-order valence-corrected chi connectivity index (χ1v) is 7.81. The van der Waals surface area contributed by atoms with Gasteiger partial charge >= 0.3 is 0 Å². The highest BCUT2D eigenvalue weighted by atomic mass is 16.3. The SMILES string of the molecule is C=C(C)CCc1cc(-c2coc3cc(O)cc(O)c3c2=O)ccc1O. The van der Waals surface area contributed by atoms with E-state index in [-0.39, 0.29) is 33.8 Å². The molecule has 0 radical (unpaired) electrons. The van der Waals surface area contributed by atoms with Crippen LogP contribution in [0.25, 0.3) is 22.1 Å². The number of benzene rings is 2. The van der Waals surface area contributed by atoms with E-state index in [9.17, 15) is 20.1 Å². The summed E-state index contributed by atoms with van der Waals surface area (Å²) >= 11 is 0. The first-order chi connectivity index (χ1) is 11.9. The van der Waals surface area contributed by atoms with Crippen molar-refractivity contribution in [2.45, 2.75) is 19.8 Å². The highest BCUT2D eigenvalue weighted by Crippen LogP contribution is 2.31. The molecular formula is C20H18O5. The number of aryl methyl sites for hydroxylation is 1. The molecule has 0 saturated carbocycles. The number of hydrogen-bond donors (Lipinski definition) is 3. The minimum Gasteiger partial charge on any atom is -0.508 e. The zero-order chi connectivity index (χ0) is 18.1. The fourth-order valence-electron chi connectivity index (χ4n) is 2.72. The molecule has 2 aromatic carbocycles. The molecule has 3 rings (SSSR count). The Morgan fingerprint density at radius 3 is 2.60 bits per heavy atom. The molecule has 0 aliphatic carbocycles. The molecule has 0 spiro atoms. The van der Waals surface area contributed by atoms with E-state index in [2.05, 4.69) is 6.58 Å². The van der Waals surface area contributed by atoms with Crippen LogP contribution in [0, 0.1) is 0 Å². The van der Waals surface area contributed by atoms with E-state index < -0.39 is 5.43 Å². The van der Waals surface area contributed by atoms with Crippen LogP contribution in [-0.4, -0.2) is 15.3 Å². The van der Waals surface area contributed by atoms with Crippen LogP contribution in [-0.2, 0) is 6.42 Å². The Hall–Kier alpha value is -3.21. The third-order valence-corrected chi connectivity index (χ3v) is 4.05. The molecule has 0 unspecified atom stereocenters. The van der Waals surface area contributed by atoms with E-state index in [0.717, 1.165) is 18.1 Å². The molecule has 3 aromatic rings. The molecule has 3 N–H and O–H groups in total. The molecule has 0 aliphatic heterocycles. The van der Waals surface area contributed by atoms with Gasteiger partial charge in [0.1, 0.15) is 34.5 Å². The van der Waals surface area contributed by atoms with Gasteiger partial charge in [0, 0.05) is 12.1 Å². The zero-order valence-electron chi connectivity index (χ0n) is 13.7. The number of fused-ring (bicyclic) bond motifs is 1. The van der Waals surface area contributed by atoms with Crippen LogP contribution in [0.4, 0.5) is 0 Å². The minimum atomic E-state index is -0.407. The summed E-state index contributed by atoms with van der Waals surface area (Å²) in [6.45, 7) is 5.76. The molecule has 1 heterocycles. The van der Waals surface area contributed by atoms with Crippen molar-refractivity contribution >= 4 is 11.0 Å². The fraction of sp³-hybridized carbons (Fsp3) is 0.150. The molecule has 0 bridgehead atoms. The van der Waals surface area contributed by atoms with E-state index in [0.29, 0.717) is 17.5 Å². The lowest BCUT2D eigenvalue weighted by atomic mass is 9.99. The number of aromatic hydroxyl groups is 3. The normalized spacial score (nSPS) is 10.9. The van der Waals surface area contributed by atoms with Gasteiger partial charge in [0.15, 0.2) is 0 Å². The molecule has 0 saturated heterocycles. The van der Waals surface area contributed by atoms with E-state index in [1.807, 2.05) is 6.92 Å². The first-order valence-electron chi connectivity index (χ1n) is 7.81. The zero-order valence-corrected chi connectivity index (χ0v) is 13.7. The Morgan fingerprint density at radius 1 is 1.12 bits per heavy atom. The van der Waals surface area contributed by atoms with Crippen molar-refractivity contribution in [3.05, 3.63) is 64.5 Å². The van der Waals surface area contributed by atoms with Gasteiger partial charge in [-0.1, -0.05) is 11.6 Å². The van der Waals surface area contributed by atoms with E-state index in [4.69, 9.17) is 4.42 Å². The predicted molar refractivity (Wildman–Crippen MR) is 96.0 cm³/mol. The molecule has 25 heavy (non-hydrogen) atoms. The number of allylic oxidation sites excluding steroid dienone is 1. The van der Waals surface area contributed by atoms with Gasteiger partial charge in [-0.15, -0.1) is 6.58 Å². The summed E-state index contributed by atoms with van der Waals surface area (Å²) in [5.74, 6) is -0.373. The second-order valence-corrected chi connectivity index (χ2v) is 6.12. The molecule has 1 aromatic heterocycles. The average Bonchev–Trinajstić information content (AvgIpc) is 2.54. The topological polar surface area (TPSA) is 90.9 Å². The van der Waals surface area contributed by atoms with Gasteiger partial charge in [-0.3, -0.25) is 4.79 Å². The van der Waals surface area contributed by atoms with E-state index >= 15 is 0 Å². The maximum atomic E-state index is 12.7.